The maximum atomic E-state index is 13.4. The molecule has 0 bridgehead atoms. The molecule has 138 valence electrons. The zero-order valence-electron chi connectivity index (χ0n) is 13.5. The number of alkyl halides is 3. The fourth-order valence-electron chi connectivity index (χ4n) is 3.03. The molecule has 1 aliphatic heterocycles. The van der Waals surface area contributed by atoms with Gasteiger partial charge in [0.25, 0.3) is 0 Å². The fraction of sp³-hybridized carbons (Fsp3) is 0.278. The van der Waals surface area contributed by atoms with Crippen LogP contribution in [0.3, 0.4) is 0 Å². The molecule has 1 saturated heterocycles. The largest absolute Gasteiger partial charge is 0.419 e. The van der Waals surface area contributed by atoms with Crippen molar-refractivity contribution in [3.63, 3.8) is 0 Å². The molecule has 0 aromatic heterocycles. The summed E-state index contributed by atoms with van der Waals surface area (Å²) in [7, 11) is 0. The first-order valence-electron chi connectivity index (χ1n) is 7.95. The van der Waals surface area contributed by atoms with Gasteiger partial charge in [-0.25, -0.2) is 4.39 Å². The van der Waals surface area contributed by atoms with E-state index in [9.17, 15) is 22.4 Å². The monoisotopic (exact) mass is 386 g/mol. The zero-order chi connectivity index (χ0) is 18.9. The van der Waals surface area contributed by atoms with E-state index in [2.05, 4.69) is 5.32 Å². The Labute approximate surface area is 152 Å². The summed E-state index contributed by atoms with van der Waals surface area (Å²) in [4.78, 5) is 14.4. The van der Waals surface area contributed by atoms with E-state index >= 15 is 0 Å². The molecule has 1 N–H and O–H groups in total. The molecule has 1 fully saturated rings. The Kier molecular flexibility index (Phi) is 5.09. The normalized spacial score (nSPS) is 17.4. The van der Waals surface area contributed by atoms with Gasteiger partial charge >= 0.3 is 6.18 Å². The lowest BCUT2D eigenvalue weighted by molar-refractivity contribution is -0.140. The van der Waals surface area contributed by atoms with Crippen molar-refractivity contribution in [3.05, 3.63) is 58.9 Å². The van der Waals surface area contributed by atoms with Gasteiger partial charge in [0.2, 0.25) is 5.91 Å². The Hall–Kier alpha value is -2.28. The van der Waals surface area contributed by atoms with Gasteiger partial charge in [0.15, 0.2) is 0 Å². The van der Waals surface area contributed by atoms with Crippen LogP contribution in [0.25, 0.3) is 0 Å². The van der Waals surface area contributed by atoms with Crippen LogP contribution in [0.15, 0.2) is 42.5 Å². The Balaban J connectivity index is 1.78. The van der Waals surface area contributed by atoms with E-state index in [1.165, 1.54) is 0 Å². The van der Waals surface area contributed by atoms with Crippen LogP contribution in [-0.4, -0.2) is 18.5 Å². The van der Waals surface area contributed by atoms with E-state index in [0.717, 1.165) is 18.2 Å². The van der Waals surface area contributed by atoms with Crippen LogP contribution in [0.5, 0.6) is 0 Å². The third-order valence-corrected chi connectivity index (χ3v) is 4.50. The molecule has 3 rings (SSSR count). The summed E-state index contributed by atoms with van der Waals surface area (Å²) in [5.74, 6) is -1.81. The quantitative estimate of drug-likeness (QED) is 0.744. The van der Waals surface area contributed by atoms with Crippen LogP contribution in [-0.2, 0) is 11.0 Å². The number of nitrogens with one attached hydrogen (secondary N) is 1. The standard InChI is InChI=1S/C18H15ClF4N2O/c19-11-3-6-13(7-4-11)25-9-1-2-16(25)17(26)24-12-5-8-15(20)14(10-12)18(21,22)23/h3-8,10,16H,1-2,9H2,(H,24,26)/t16-/m0/s1. The number of rotatable bonds is 3. The van der Waals surface area contributed by atoms with Crippen LogP contribution in [0.2, 0.25) is 5.02 Å². The molecule has 0 unspecified atom stereocenters. The Morgan fingerprint density at radius 3 is 2.50 bits per heavy atom. The third-order valence-electron chi connectivity index (χ3n) is 4.25. The molecule has 1 aliphatic rings. The second-order valence-electron chi connectivity index (χ2n) is 6.01. The highest BCUT2D eigenvalue weighted by Crippen LogP contribution is 2.33. The second kappa shape index (κ2) is 7.15. The minimum Gasteiger partial charge on any atom is -0.360 e. The van der Waals surface area contributed by atoms with Gasteiger partial charge in [0.1, 0.15) is 11.9 Å². The molecule has 3 nitrogen and oxygen atoms in total. The smallest absolute Gasteiger partial charge is 0.360 e. The van der Waals surface area contributed by atoms with Crippen molar-refractivity contribution in [1.29, 1.82) is 0 Å². The van der Waals surface area contributed by atoms with Crippen LogP contribution in [0.1, 0.15) is 18.4 Å². The van der Waals surface area contributed by atoms with Crippen molar-refractivity contribution in [2.75, 3.05) is 16.8 Å². The molecule has 2 aromatic rings. The molecule has 26 heavy (non-hydrogen) atoms. The molecule has 8 heteroatoms. The minimum atomic E-state index is -4.83. The van der Waals surface area contributed by atoms with Gasteiger partial charge in [-0.05, 0) is 55.3 Å². The Morgan fingerprint density at radius 2 is 1.85 bits per heavy atom. The maximum absolute atomic E-state index is 13.4. The lowest BCUT2D eigenvalue weighted by Crippen LogP contribution is -2.39. The van der Waals surface area contributed by atoms with Gasteiger partial charge in [-0.3, -0.25) is 4.79 Å². The Morgan fingerprint density at radius 1 is 1.15 bits per heavy atom. The molecule has 2 aromatic carbocycles. The molecule has 1 heterocycles. The van der Waals surface area contributed by atoms with Crippen LogP contribution in [0.4, 0.5) is 28.9 Å². The number of carbonyl (C=O) groups excluding carboxylic acids is 1. The van der Waals surface area contributed by atoms with Gasteiger partial charge in [0, 0.05) is 22.9 Å². The van der Waals surface area contributed by atoms with Crippen LogP contribution < -0.4 is 10.2 Å². The van der Waals surface area contributed by atoms with E-state index in [-0.39, 0.29) is 5.69 Å². The summed E-state index contributed by atoms with van der Waals surface area (Å²) in [5.41, 5.74) is -0.690. The van der Waals surface area contributed by atoms with E-state index in [0.29, 0.717) is 30.1 Å². The average Bonchev–Trinajstić information content (AvgIpc) is 3.06. The highest BCUT2D eigenvalue weighted by Gasteiger charge is 2.35. The minimum absolute atomic E-state index is 0.0910. The first kappa shape index (κ1) is 18.5. The molecule has 0 aliphatic carbocycles. The van der Waals surface area contributed by atoms with Crippen molar-refractivity contribution in [2.24, 2.45) is 0 Å². The molecular weight excluding hydrogens is 372 g/mol. The van der Waals surface area contributed by atoms with Crippen LogP contribution in [0, 0.1) is 5.82 Å². The topological polar surface area (TPSA) is 32.3 Å². The van der Waals surface area contributed by atoms with Crippen molar-refractivity contribution in [2.45, 2.75) is 25.1 Å². The summed E-state index contributed by atoms with van der Waals surface area (Å²) < 4.78 is 51.8. The van der Waals surface area contributed by atoms with Crippen molar-refractivity contribution in [3.8, 4) is 0 Å². The first-order valence-corrected chi connectivity index (χ1v) is 8.33. The van der Waals surface area contributed by atoms with E-state index in [4.69, 9.17) is 11.6 Å². The maximum Gasteiger partial charge on any atom is 0.419 e. The number of halogens is 5. The summed E-state index contributed by atoms with van der Waals surface area (Å²) >= 11 is 5.87. The highest BCUT2D eigenvalue weighted by molar-refractivity contribution is 6.30. The predicted molar refractivity (Wildman–Crippen MR) is 91.9 cm³/mol. The Bertz CT molecular complexity index is 808. The number of benzene rings is 2. The number of hydrogen-bond acceptors (Lipinski definition) is 2. The summed E-state index contributed by atoms with van der Waals surface area (Å²) in [6.45, 7) is 0.650. The van der Waals surface area contributed by atoms with Gasteiger partial charge < -0.3 is 10.2 Å². The average molecular weight is 387 g/mol. The van der Waals surface area contributed by atoms with Gasteiger partial charge in [-0.1, -0.05) is 11.6 Å². The lowest BCUT2D eigenvalue weighted by atomic mass is 10.1. The van der Waals surface area contributed by atoms with Gasteiger partial charge in [-0.15, -0.1) is 0 Å². The van der Waals surface area contributed by atoms with E-state index in [1.54, 1.807) is 24.3 Å². The second-order valence-corrected chi connectivity index (χ2v) is 6.45. The van der Waals surface area contributed by atoms with Crippen molar-refractivity contribution < 1.29 is 22.4 Å². The number of amides is 1. The molecule has 0 spiro atoms. The fourth-order valence-corrected chi connectivity index (χ4v) is 3.15. The van der Waals surface area contributed by atoms with Crippen molar-refractivity contribution in [1.82, 2.24) is 0 Å². The molecule has 1 atom stereocenters. The molecule has 0 saturated carbocycles. The van der Waals surface area contributed by atoms with E-state index < -0.39 is 29.5 Å². The van der Waals surface area contributed by atoms with Crippen molar-refractivity contribution >= 4 is 28.9 Å². The number of hydrogen-bond donors (Lipinski definition) is 1. The van der Waals surface area contributed by atoms with Gasteiger partial charge in [0.05, 0.1) is 5.56 Å². The number of anilines is 2. The summed E-state index contributed by atoms with van der Waals surface area (Å²) in [6.07, 6.45) is -3.48. The zero-order valence-corrected chi connectivity index (χ0v) is 14.2. The molecule has 1 amide bonds. The highest BCUT2D eigenvalue weighted by atomic mass is 35.5. The molecular formula is C18H15ClF4N2O. The summed E-state index contributed by atoms with van der Waals surface area (Å²) in [5, 5.41) is 3.03. The SMILES string of the molecule is O=C(Nc1ccc(F)c(C(F)(F)F)c1)[C@@H]1CCCN1c1ccc(Cl)cc1. The third kappa shape index (κ3) is 3.93. The van der Waals surface area contributed by atoms with Gasteiger partial charge in [-0.2, -0.15) is 13.2 Å². The van der Waals surface area contributed by atoms with E-state index in [1.807, 2.05) is 4.90 Å². The predicted octanol–water partition coefficient (Wildman–Crippen LogP) is 5.11. The number of carbonyl (C=O) groups is 1. The number of nitrogens with zero attached hydrogens (tertiary/aromatic N) is 1. The molecule has 0 radical (unpaired) electrons. The first-order chi connectivity index (χ1) is 12.3. The lowest BCUT2D eigenvalue weighted by Gasteiger charge is -2.26. The summed E-state index contributed by atoms with van der Waals surface area (Å²) in [6, 6.07) is 8.89. The van der Waals surface area contributed by atoms with Crippen LogP contribution >= 0.6 is 11.6 Å².